The summed E-state index contributed by atoms with van der Waals surface area (Å²) in [4.78, 5) is 18.3. The number of aromatic amines is 1. The van der Waals surface area contributed by atoms with E-state index in [9.17, 15) is 4.79 Å². The zero-order valence-corrected chi connectivity index (χ0v) is 20.7. The van der Waals surface area contributed by atoms with Crippen molar-refractivity contribution in [2.75, 3.05) is 13.2 Å². The van der Waals surface area contributed by atoms with Crippen LogP contribution in [0.5, 0.6) is 5.75 Å². The molecule has 36 heavy (non-hydrogen) atoms. The number of pyridine rings is 1. The molecule has 0 saturated carbocycles. The van der Waals surface area contributed by atoms with Crippen LogP contribution in [0.15, 0.2) is 51.9 Å². The van der Waals surface area contributed by atoms with E-state index >= 15 is 0 Å². The molecule has 0 bridgehead atoms. The maximum atomic E-state index is 13.1. The van der Waals surface area contributed by atoms with Gasteiger partial charge in [-0.05, 0) is 73.0 Å². The van der Waals surface area contributed by atoms with Crippen LogP contribution >= 0.6 is 0 Å². The number of aromatic nitrogens is 5. The number of tetrazole rings is 1. The molecule has 1 N–H and O–H groups in total. The fourth-order valence-electron chi connectivity index (χ4n) is 4.87. The minimum absolute atomic E-state index is 0.117. The highest BCUT2D eigenvalue weighted by atomic mass is 16.5. The van der Waals surface area contributed by atoms with Crippen molar-refractivity contribution in [1.29, 1.82) is 0 Å². The van der Waals surface area contributed by atoms with Gasteiger partial charge < -0.3 is 18.9 Å². The first kappa shape index (κ1) is 24.2. The van der Waals surface area contributed by atoms with E-state index in [1.165, 1.54) is 0 Å². The number of hydrogen-bond donors (Lipinski definition) is 1. The van der Waals surface area contributed by atoms with Gasteiger partial charge in [0.25, 0.3) is 5.56 Å². The molecule has 0 aliphatic carbocycles. The Morgan fingerprint density at radius 1 is 1.25 bits per heavy atom. The second kappa shape index (κ2) is 11.0. The summed E-state index contributed by atoms with van der Waals surface area (Å²) in [5.41, 5.74) is 1.31. The van der Waals surface area contributed by atoms with Crippen LogP contribution in [0.1, 0.15) is 56.3 Å². The predicted molar refractivity (Wildman–Crippen MR) is 134 cm³/mol. The van der Waals surface area contributed by atoms with Gasteiger partial charge in [0.15, 0.2) is 5.82 Å². The van der Waals surface area contributed by atoms with Crippen molar-refractivity contribution in [3.63, 3.8) is 0 Å². The van der Waals surface area contributed by atoms with Crippen molar-refractivity contribution >= 4 is 10.9 Å². The molecule has 0 unspecified atom stereocenters. The Hall–Kier alpha value is -3.50. The Morgan fingerprint density at radius 2 is 2.17 bits per heavy atom. The molecule has 10 heteroatoms. The number of hydrogen-bond acceptors (Lipinski definition) is 8. The van der Waals surface area contributed by atoms with E-state index < -0.39 is 0 Å². The summed E-state index contributed by atoms with van der Waals surface area (Å²) < 4.78 is 19.0. The zero-order valence-electron chi connectivity index (χ0n) is 20.7. The predicted octanol–water partition coefficient (Wildman–Crippen LogP) is 3.84. The summed E-state index contributed by atoms with van der Waals surface area (Å²) in [5, 5.41) is 13.6. The van der Waals surface area contributed by atoms with Crippen LogP contribution in [0.2, 0.25) is 0 Å². The lowest BCUT2D eigenvalue weighted by Crippen LogP contribution is -2.33. The maximum Gasteiger partial charge on any atom is 0.252 e. The molecule has 1 aromatic carbocycles. The monoisotopic (exact) mass is 492 g/mol. The second-order valence-corrected chi connectivity index (χ2v) is 9.07. The van der Waals surface area contributed by atoms with Crippen molar-refractivity contribution in [1.82, 2.24) is 30.1 Å². The van der Waals surface area contributed by atoms with Crippen LogP contribution in [0, 0.1) is 0 Å². The summed E-state index contributed by atoms with van der Waals surface area (Å²) in [7, 11) is 0. The Labute approximate surface area is 209 Å². The van der Waals surface area contributed by atoms with E-state index in [2.05, 4.69) is 32.3 Å². The summed E-state index contributed by atoms with van der Waals surface area (Å²) >= 11 is 0. The van der Waals surface area contributed by atoms with Gasteiger partial charge in [-0.15, -0.1) is 5.10 Å². The first-order valence-electron chi connectivity index (χ1n) is 12.6. The molecule has 4 aromatic rings. The number of nitrogens with zero attached hydrogens (tertiary/aromatic N) is 5. The zero-order chi connectivity index (χ0) is 24.9. The highest BCUT2D eigenvalue weighted by molar-refractivity contribution is 5.80. The van der Waals surface area contributed by atoms with Crippen LogP contribution in [-0.2, 0) is 24.4 Å². The number of nitrogens with one attached hydrogen (secondary N) is 1. The molecule has 0 amide bonds. The van der Waals surface area contributed by atoms with Crippen LogP contribution < -0.4 is 10.3 Å². The van der Waals surface area contributed by atoms with Gasteiger partial charge >= 0.3 is 0 Å². The molecular formula is C26H32N6O4. The van der Waals surface area contributed by atoms with Crippen molar-refractivity contribution in [2.24, 2.45) is 0 Å². The Bertz CT molecular complexity index is 1330. The lowest BCUT2D eigenvalue weighted by atomic mass is 10.1. The fraction of sp³-hybridized carbons (Fsp3) is 0.462. The van der Waals surface area contributed by atoms with Crippen LogP contribution in [0.3, 0.4) is 0 Å². The fourth-order valence-corrected chi connectivity index (χ4v) is 4.87. The van der Waals surface area contributed by atoms with Gasteiger partial charge in [-0.2, -0.15) is 0 Å². The number of fused-ring (bicyclic) bond motifs is 1. The molecular weight excluding hydrogens is 460 g/mol. The Kier molecular flexibility index (Phi) is 7.43. The Morgan fingerprint density at radius 3 is 2.92 bits per heavy atom. The van der Waals surface area contributed by atoms with Gasteiger partial charge in [-0.3, -0.25) is 9.69 Å². The molecule has 3 aromatic heterocycles. The number of H-pyrrole nitrogens is 1. The third-order valence-electron chi connectivity index (χ3n) is 6.60. The molecule has 1 aliphatic heterocycles. The van der Waals surface area contributed by atoms with E-state index in [-0.39, 0.29) is 17.7 Å². The van der Waals surface area contributed by atoms with Gasteiger partial charge in [0.2, 0.25) is 0 Å². The molecule has 4 heterocycles. The highest BCUT2D eigenvalue weighted by Gasteiger charge is 2.28. The largest absolute Gasteiger partial charge is 0.494 e. The minimum Gasteiger partial charge on any atom is -0.494 e. The second-order valence-electron chi connectivity index (χ2n) is 9.07. The summed E-state index contributed by atoms with van der Waals surface area (Å²) in [6.07, 6.45) is 4.59. The quantitative estimate of drug-likeness (QED) is 0.336. The van der Waals surface area contributed by atoms with E-state index in [0.29, 0.717) is 31.8 Å². The smallest absolute Gasteiger partial charge is 0.252 e. The number of rotatable bonds is 11. The first-order chi connectivity index (χ1) is 17.6. The summed E-state index contributed by atoms with van der Waals surface area (Å²) in [6.45, 7) is 6.93. The van der Waals surface area contributed by atoms with Gasteiger partial charge in [-0.25, -0.2) is 4.68 Å². The van der Waals surface area contributed by atoms with Crippen LogP contribution in [-0.4, -0.2) is 49.4 Å². The molecule has 1 saturated heterocycles. The molecule has 0 spiro atoms. The standard InChI is InChI=1S/C26H32N6O4/c1-3-24(25-28-29-30-32(25)17-22-8-6-12-36-22)31(16-21-7-5-11-35-21)15-19-13-18-14-20(34-4-2)9-10-23(18)27-26(19)33/h5,7,9-11,13-14,22,24H,3-4,6,8,12,15-17H2,1-2H3,(H,27,33)/t22-,24+/m1/s1. The van der Waals surface area contributed by atoms with Crippen molar-refractivity contribution in [3.05, 3.63) is 70.2 Å². The van der Waals surface area contributed by atoms with E-state index in [1.807, 2.05) is 48.0 Å². The summed E-state index contributed by atoms with van der Waals surface area (Å²) in [5.74, 6) is 2.34. The van der Waals surface area contributed by atoms with E-state index in [1.54, 1.807) is 6.26 Å². The van der Waals surface area contributed by atoms with E-state index in [0.717, 1.165) is 54.1 Å². The van der Waals surface area contributed by atoms with Gasteiger partial charge in [0.05, 0.1) is 38.1 Å². The molecule has 2 atom stereocenters. The van der Waals surface area contributed by atoms with Crippen molar-refractivity contribution in [3.8, 4) is 5.75 Å². The third kappa shape index (κ3) is 5.34. The lowest BCUT2D eigenvalue weighted by molar-refractivity contribution is 0.0882. The van der Waals surface area contributed by atoms with Crippen molar-refractivity contribution in [2.45, 2.75) is 64.9 Å². The van der Waals surface area contributed by atoms with E-state index in [4.69, 9.17) is 13.9 Å². The molecule has 1 aliphatic rings. The lowest BCUT2D eigenvalue weighted by Gasteiger charge is -2.29. The van der Waals surface area contributed by atoms with Crippen molar-refractivity contribution < 1.29 is 13.9 Å². The average molecular weight is 493 g/mol. The first-order valence-corrected chi connectivity index (χ1v) is 12.6. The molecule has 5 rings (SSSR count). The SMILES string of the molecule is CCOc1ccc2[nH]c(=O)c(CN(Cc3ccco3)[C@@H](CC)c3nnnn3C[C@H]3CCCO3)cc2c1. The van der Waals surface area contributed by atoms with Gasteiger partial charge in [0, 0.05) is 29.6 Å². The molecule has 190 valence electrons. The third-order valence-corrected chi connectivity index (χ3v) is 6.60. The van der Waals surface area contributed by atoms with Gasteiger partial charge in [-0.1, -0.05) is 6.92 Å². The molecule has 1 fully saturated rings. The number of benzene rings is 1. The minimum atomic E-state index is -0.128. The van der Waals surface area contributed by atoms with Crippen LogP contribution in [0.25, 0.3) is 10.9 Å². The molecule has 0 radical (unpaired) electrons. The highest BCUT2D eigenvalue weighted by Crippen LogP contribution is 2.28. The van der Waals surface area contributed by atoms with Crippen LogP contribution in [0.4, 0.5) is 0 Å². The number of ether oxygens (including phenoxy) is 2. The normalized spacial score (nSPS) is 16.7. The Balaban J connectivity index is 1.48. The maximum absolute atomic E-state index is 13.1. The summed E-state index contributed by atoms with van der Waals surface area (Å²) in [6, 6.07) is 11.3. The average Bonchev–Trinajstić information content (AvgIpc) is 3.65. The number of furan rings is 1. The van der Waals surface area contributed by atoms with Gasteiger partial charge in [0.1, 0.15) is 11.5 Å². The topological polar surface area (TPSA) is 111 Å². The molecule has 10 nitrogen and oxygen atoms in total.